The number of piperazine rings is 1. The summed E-state index contributed by atoms with van der Waals surface area (Å²) >= 11 is 0. The first-order valence-corrected chi connectivity index (χ1v) is 9.14. The maximum atomic E-state index is 12.7. The smallest absolute Gasteiger partial charge is 0.270 e. The highest BCUT2D eigenvalue weighted by molar-refractivity contribution is 7.89. The Balaban J connectivity index is 1.81. The molecule has 1 amide bonds. The van der Waals surface area contributed by atoms with Gasteiger partial charge in [0.25, 0.3) is 5.91 Å². The van der Waals surface area contributed by atoms with Crippen LogP contribution in [0.15, 0.2) is 17.2 Å². The second-order valence-corrected chi connectivity index (χ2v) is 7.81. The van der Waals surface area contributed by atoms with Gasteiger partial charge in [0, 0.05) is 45.0 Å². The number of carbonyl (C=O) groups excluding carboxylic acids is 1. The zero-order chi connectivity index (χ0) is 15.7. The van der Waals surface area contributed by atoms with E-state index in [1.54, 1.807) is 4.90 Å². The van der Waals surface area contributed by atoms with Gasteiger partial charge in [-0.3, -0.25) is 4.79 Å². The molecule has 122 valence electrons. The lowest BCUT2D eigenvalue weighted by Gasteiger charge is -2.32. The fourth-order valence-electron chi connectivity index (χ4n) is 3.05. The third-order valence-corrected chi connectivity index (χ3v) is 6.32. The average molecular weight is 326 g/mol. The SMILES string of the molecule is CC1CNCCN1S(=O)(=O)c1c[nH]c(C(=O)N2CCCC2)c1. The molecular formula is C14H22N4O3S. The van der Waals surface area contributed by atoms with E-state index in [-0.39, 0.29) is 16.8 Å². The normalized spacial score (nSPS) is 23.9. The van der Waals surface area contributed by atoms with Crippen LogP contribution in [-0.2, 0) is 10.0 Å². The number of aromatic nitrogens is 1. The number of H-pyrrole nitrogens is 1. The number of likely N-dealkylation sites (tertiary alicyclic amines) is 1. The van der Waals surface area contributed by atoms with E-state index in [0.717, 1.165) is 25.9 Å². The monoisotopic (exact) mass is 326 g/mol. The van der Waals surface area contributed by atoms with Crippen molar-refractivity contribution in [1.82, 2.24) is 19.5 Å². The number of sulfonamides is 1. The lowest BCUT2D eigenvalue weighted by atomic mass is 10.3. The highest BCUT2D eigenvalue weighted by Crippen LogP contribution is 2.21. The van der Waals surface area contributed by atoms with Crippen molar-refractivity contribution < 1.29 is 13.2 Å². The predicted octanol–water partition coefficient (Wildman–Crippen LogP) is 0.233. The minimum Gasteiger partial charge on any atom is -0.356 e. The van der Waals surface area contributed by atoms with Crippen LogP contribution in [0.1, 0.15) is 30.3 Å². The van der Waals surface area contributed by atoms with Crippen LogP contribution >= 0.6 is 0 Å². The van der Waals surface area contributed by atoms with Crippen LogP contribution in [0.3, 0.4) is 0 Å². The van der Waals surface area contributed by atoms with Crippen molar-refractivity contribution in [1.29, 1.82) is 0 Å². The third kappa shape index (κ3) is 2.78. The number of hydrogen-bond donors (Lipinski definition) is 2. The Morgan fingerprint density at radius 3 is 2.68 bits per heavy atom. The minimum atomic E-state index is -3.56. The van der Waals surface area contributed by atoms with E-state index < -0.39 is 10.0 Å². The van der Waals surface area contributed by atoms with Crippen molar-refractivity contribution in [3.05, 3.63) is 18.0 Å². The minimum absolute atomic E-state index is 0.0913. The van der Waals surface area contributed by atoms with Crippen molar-refractivity contribution in [3.8, 4) is 0 Å². The maximum absolute atomic E-state index is 12.7. The first-order valence-electron chi connectivity index (χ1n) is 7.70. The Morgan fingerprint density at radius 1 is 1.27 bits per heavy atom. The Bertz CT molecular complexity index is 649. The molecule has 2 aliphatic rings. The molecule has 1 atom stereocenters. The van der Waals surface area contributed by atoms with Crippen LogP contribution in [0.25, 0.3) is 0 Å². The van der Waals surface area contributed by atoms with Gasteiger partial charge in [-0.15, -0.1) is 0 Å². The van der Waals surface area contributed by atoms with Crippen molar-refractivity contribution in [2.45, 2.75) is 30.7 Å². The molecule has 2 N–H and O–H groups in total. The maximum Gasteiger partial charge on any atom is 0.270 e. The summed E-state index contributed by atoms with van der Waals surface area (Å²) in [6, 6.07) is 1.37. The summed E-state index contributed by atoms with van der Waals surface area (Å²) in [6.45, 7) is 5.11. The molecule has 7 nitrogen and oxygen atoms in total. The van der Waals surface area contributed by atoms with Crippen molar-refractivity contribution in [2.24, 2.45) is 0 Å². The molecule has 22 heavy (non-hydrogen) atoms. The van der Waals surface area contributed by atoms with E-state index >= 15 is 0 Å². The van der Waals surface area contributed by atoms with Crippen LogP contribution in [-0.4, -0.2) is 67.3 Å². The van der Waals surface area contributed by atoms with E-state index in [4.69, 9.17) is 0 Å². The molecule has 1 unspecified atom stereocenters. The van der Waals surface area contributed by atoms with E-state index in [0.29, 0.717) is 25.3 Å². The second-order valence-electron chi connectivity index (χ2n) is 5.92. The summed E-state index contributed by atoms with van der Waals surface area (Å²) < 4.78 is 26.9. The van der Waals surface area contributed by atoms with Gasteiger partial charge >= 0.3 is 0 Å². The molecule has 3 rings (SSSR count). The van der Waals surface area contributed by atoms with Gasteiger partial charge in [-0.1, -0.05) is 0 Å². The van der Waals surface area contributed by atoms with Gasteiger partial charge in [-0.25, -0.2) is 8.42 Å². The molecule has 3 heterocycles. The summed E-state index contributed by atoms with van der Waals surface area (Å²) in [5.74, 6) is -0.118. The lowest BCUT2D eigenvalue weighted by molar-refractivity contribution is 0.0787. The van der Waals surface area contributed by atoms with Gasteiger partial charge in [0.05, 0.1) is 0 Å². The highest BCUT2D eigenvalue weighted by Gasteiger charge is 2.32. The molecule has 8 heteroatoms. The van der Waals surface area contributed by atoms with Gasteiger partial charge in [-0.2, -0.15) is 4.31 Å². The summed E-state index contributed by atoms with van der Waals surface area (Å²) in [5, 5.41) is 3.17. The van der Waals surface area contributed by atoms with Crippen molar-refractivity contribution in [2.75, 3.05) is 32.7 Å². The number of amides is 1. The topological polar surface area (TPSA) is 85.5 Å². The molecule has 0 radical (unpaired) electrons. The molecular weight excluding hydrogens is 304 g/mol. The molecule has 2 aliphatic heterocycles. The number of nitrogens with zero attached hydrogens (tertiary/aromatic N) is 2. The summed E-state index contributed by atoms with van der Waals surface area (Å²) in [5.41, 5.74) is 0.350. The number of carbonyl (C=O) groups is 1. The largest absolute Gasteiger partial charge is 0.356 e. The molecule has 1 aromatic rings. The number of hydrogen-bond acceptors (Lipinski definition) is 4. The van der Waals surface area contributed by atoms with Crippen molar-refractivity contribution in [3.63, 3.8) is 0 Å². The zero-order valence-electron chi connectivity index (χ0n) is 12.7. The van der Waals surface area contributed by atoms with E-state index in [9.17, 15) is 13.2 Å². The number of aromatic amines is 1. The van der Waals surface area contributed by atoms with Gasteiger partial charge in [0.15, 0.2) is 0 Å². The standard InChI is InChI=1S/C14H22N4O3S/c1-11-9-15-4-7-18(11)22(20,21)12-8-13(16-10-12)14(19)17-5-2-3-6-17/h8,10-11,15-16H,2-7,9H2,1H3. The fraction of sp³-hybridized carbons (Fsp3) is 0.643. The molecule has 0 spiro atoms. The van der Waals surface area contributed by atoms with Crippen LogP contribution in [0.2, 0.25) is 0 Å². The van der Waals surface area contributed by atoms with Gasteiger partial charge in [0.1, 0.15) is 10.6 Å². The Morgan fingerprint density at radius 2 is 2.00 bits per heavy atom. The average Bonchev–Trinajstić information content (AvgIpc) is 3.19. The first-order chi connectivity index (χ1) is 10.5. The van der Waals surface area contributed by atoms with Crippen LogP contribution < -0.4 is 5.32 Å². The lowest BCUT2D eigenvalue weighted by Crippen LogP contribution is -2.52. The Hall–Kier alpha value is -1.38. The zero-order valence-corrected chi connectivity index (χ0v) is 13.5. The number of rotatable bonds is 3. The molecule has 0 saturated carbocycles. The second kappa shape index (κ2) is 6.02. The molecule has 0 bridgehead atoms. The Labute approximate surface area is 130 Å². The summed E-state index contributed by atoms with van der Waals surface area (Å²) in [6.07, 6.45) is 3.44. The molecule has 1 aromatic heterocycles. The summed E-state index contributed by atoms with van der Waals surface area (Å²) in [7, 11) is -3.56. The van der Waals surface area contributed by atoms with E-state index in [2.05, 4.69) is 10.3 Å². The van der Waals surface area contributed by atoms with Gasteiger partial charge in [-0.05, 0) is 25.8 Å². The third-order valence-electron chi connectivity index (χ3n) is 4.33. The molecule has 2 fully saturated rings. The van der Waals surface area contributed by atoms with Crippen LogP contribution in [0.5, 0.6) is 0 Å². The summed E-state index contributed by atoms with van der Waals surface area (Å²) in [4.78, 5) is 17.1. The molecule has 2 saturated heterocycles. The highest BCUT2D eigenvalue weighted by atomic mass is 32.2. The Kier molecular flexibility index (Phi) is 4.24. The van der Waals surface area contributed by atoms with Crippen LogP contribution in [0.4, 0.5) is 0 Å². The molecule has 0 aliphatic carbocycles. The first kappa shape index (κ1) is 15.5. The number of nitrogens with one attached hydrogen (secondary N) is 2. The van der Waals surface area contributed by atoms with E-state index in [1.807, 2.05) is 6.92 Å². The van der Waals surface area contributed by atoms with Crippen molar-refractivity contribution >= 4 is 15.9 Å². The quantitative estimate of drug-likeness (QED) is 0.833. The fourth-order valence-corrected chi connectivity index (χ4v) is 4.68. The van der Waals surface area contributed by atoms with Crippen LogP contribution in [0, 0.1) is 0 Å². The van der Waals surface area contributed by atoms with E-state index in [1.165, 1.54) is 16.6 Å². The predicted molar refractivity (Wildman–Crippen MR) is 82.2 cm³/mol. The molecule has 0 aromatic carbocycles. The van der Waals surface area contributed by atoms with Gasteiger partial charge in [0.2, 0.25) is 10.0 Å². The van der Waals surface area contributed by atoms with Gasteiger partial charge < -0.3 is 15.2 Å².